The Labute approximate surface area is 103 Å². The molecule has 5 nitrogen and oxygen atoms in total. The molecule has 17 heavy (non-hydrogen) atoms. The summed E-state index contributed by atoms with van der Waals surface area (Å²) in [5, 5.41) is 11.4. The number of hydrogen-bond donors (Lipinski definition) is 1. The Balaban J connectivity index is 1.85. The molecule has 1 aliphatic rings. The van der Waals surface area contributed by atoms with Crippen molar-refractivity contribution in [3.05, 3.63) is 5.89 Å². The fourth-order valence-corrected chi connectivity index (χ4v) is 2.16. The molecule has 5 heteroatoms. The molecule has 1 aromatic heterocycles. The van der Waals surface area contributed by atoms with E-state index in [1.54, 1.807) is 0 Å². The summed E-state index contributed by atoms with van der Waals surface area (Å²) in [5.74, 6) is 1.47. The molecule has 1 aromatic rings. The Morgan fingerprint density at radius 1 is 1.41 bits per heavy atom. The number of hydrogen-bond acceptors (Lipinski definition) is 5. The van der Waals surface area contributed by atoms with Gasteiger partial charge in [-0.25, -0.2) is 0 Å². The van der Waals surface area contributed by atoms with E-state index in [9.17, 15) is 0 Å². The normalized spacial score (nSPS) is 20.1. The van der Waals surface area contributed by atoms with Gasteiger partial charge in [0.2, 0.25) is 5.89 Å². The van der Waals surface area contributed by atoms with E-state index < -0.39 is 0 Å². The van der Waals surface area contributed by atoms with Gasteiger partial charge >= 0.3 is 6.01 Å². The Kier molecular flexibility index (Phi) is 4.36. The van der Waals surface area contributed by atoms with Gasteiger partial charge in [-0.2, -0.15) is 0 Å². The van der Waals surface area contributed by atoms with Gasteiger partial charge in [0.25, 0.3) is 0 Å². The van der Waals surface area contributed by atoms with E-state index in [1.807, 2.05) is 0 Å². The maximum Gasteiger partial charge on any atom is 0.318 e. The first-order valence-corrected chi connectivity index (χ1v) is 6.61. The fraction of sp³-hybridized carbons (Fsp3) is 0.833. The molecule has 0 amide bonds. The molecule has 0 saturated carbocycles. The van der Waals surface area contributed by atoms with Crippen molar-refractivity contribution in [2.75, 3.05) is 24.5 Å². The zero-order valence-corrected chi connectivity index (χ0v) is 10.8. The van der Waals surface area contributed by atoms with Crippen LogP contribution >= 0.6 is 0 Å². The summed E-state index contributed by atoms with van der Waals surface area (Å²) in [7, 11) is 0. The zero-order chi connectivity index (χ0) is 12.1. The van der Waals surface area contributed by atoms with Crippen molar-refractivity contribution >= 4 is 6.01 Å². The highest BCUT2D eigenvalue weighted by atomic mass is 16.4. The molecule has 96 valence electrons. The molecule has 0 radical (unpaired) electrons. The third kappa shape index (κ3) is 3.19. The maximum absolute atomic E-state index is 5.65. The quantitative estimate of drug-likeness (QED) is 0.766. The van der Waals surface area contributed by atoms with Crippen molar-refractivity contribution in [1.29, 1.82) is 0 Å². The molecule has 1 unspecified atom stereocenters. The van der Waals surface area contributed by atoms with Crippen molar-refractivity contribution in [2.45, 2.75) is 39.7 Å². The summed E-state index contributed by atoms with van der Waals surface area (Å²) < 4.78 is 5.65. The van der Waals surface area contributed by atoms with Crippen LogP contribution < -0.4 is 10.2 Å². The largest absolute Gasteiger partial charge is 0.407 e. The number of aromatic nitrogens is 2. The van der Waals surface area contributed by atoms with E-state index in [2.05, 4.69) is 34.3 Å². The minimum Gasteiger partial charge on any atom is -0.407 e. The van der Waals surface area contributed by atoms with Crippen LogP contribution in [-0.2, 0) is 6.54 Å². The van der Waals surface area contributed by atoms with Gasteiger partial charge < -0.3 is 14.6 Å². The van der Waals surface area contributed by atoms with E-state index >= 15 is 0 Å². The second-order valence-electron chi connectivity index (χ2n) is 4.66. The highest BCUT2D eigenvalue weighted by molar-refractivity contribution is 5.26. The highest BCUT2D eigenvalue weighted by Gasteiger charge is 2.24. The second-order valence-corrected chi connectivity index (χ2v) is 4.66. The summed E-state index contributed by atoms with van der Waals surface area (Å²) in [5.41, 5.74) is 0. The second kappa shape index (κ2) is 6.00. The molecule has 1 saturated heterocycles. The lowest BCUT2D eigenvalue weighted by Gasteiger charge is -2.11. The lowest BCUT2D eigenvalue weighted by molar-refractivity contribution is 0.463. The predicted molar refractivity (Wildman–Crippen MR) is 66.9 cm³/mol. The lowest BCUT2D eigenvalue weighted by atomic mass is 10.1. The number of rotatable bonds is 6. The summed E-state index contributed by atoms with van der Waals surface area (Å²) in [6, 6.07) is 0.689. The molecule has 0 aromatic carbocycles. The van der Waals surface area contributed by atoms with Crippen LogP contribution in [0.15, 0.2) is 4.42 Å². The van der Waals surface area contributed by atoms with Gasteiger partial charge in [0, 0.05) is 13.1 Å². The molecule has 0 aliphatic carbocycles. The summed E-state index contributed by atoms with van der Waals surface area (Å²) in [6.07, 6.45) is 3.59. The topological polar surface area (TPSA) is 54.2 Å². The van der Waals surface area contributed by atoms with E-state index in [0.717, 1.165) is 32.0 Å². The van der Waals surface area contributed by atoms with Crippen molar-refractivity contribution in [3.63, 3.8) is 0 Å². The fourth-order valence-electron chi connectivity index (χ4n) is 2.16. The molecule has 1 aliphatic heterocycles. The standard InChI is InChI=1S/C12H22N4O/c1-3-6-13-8-11-14-15-12(17-11)16-7-5-10(4-2)9-16/h10,13H,3-9H2,1-2H3. The molecule has 1 N–H and O–H groups in total. The van der Waals surface area contributed by atoms with E-state index in [0.29, 0.717) is 18.5 Å². The van der Waals surface area contributed by atoms with Crippen LogP contribution in [0.1, 0.15) is 39.0 Å². The first kappa shape index (κ1) is 12.4. The van der Waals surface area contributed by atoms with Crippen LogP contribution in [0.3, 0.4) is 0 Å². The van der Waals surface area contributed by atoms with Crippen LogP contribution in [0.2, 0.25) is 0 Å². The van der Waals surface area contributed by atoms with Crippen molar-refractivity contribution < 1.29 is 4.42 Å². The molecular weight excluding hydrogens is 216 g/mol. The van der Waals surface area contributed by atoms with E-state index in [-0.39, 0.29) is 0 Å². The van der Waals surface area contributed by atoms with Gasteiger partial charge in [-0.15, -0.1) is 5.10 Å². The van der Waals surface area contributed by atoms with Crippen LogP contribution in [0.5, 0.6) is 0 Å². The summed E-state index contributed by atoms with van der Waals surface area (Å²) in [4.78, 5) is 2.20. The highest BCUT2D eigenvalue weighted by Crippen LogP contribution is 2.24. The minimum absolute atomic E-state index is 0.673. The first-order chi connectivity index (χ1) is 8.33. The summed E-state index contributed by atoms with van der Waals surface area (Å²) >= 11 is 0. The Morgan fingerprint density at radius 3 is 3.00 bits per heavy atom. The third-order valence-electron chi connectivity index (χ3n) is 3.29. The number of nitrogens with one attached hydrogen (secondary N) is 1. The molecule has 2 heterocycles. The smallest absolute Gasteiger partial charge is 0.318 e. The molecule has 1 atom stereocenters. The van der Waals surface area contributed by atoms with Crippen LogP contribution in [0.25, 0.3) is 0 Å². The Morgan fingerprint density at radius 2 is 2.29 bits per heavy atom. The van der Waals surface area contributed by atoms with Gasteiger partial charge in [0.1, 0.15) is 0 Å². The number of anilines is 1. The SMILES string of the molecule is CCCNCc1nnc(N2CCC(CC)C2)o1. The number of nitrogens with zero attached hydrogens (tertiary/aromatic N) is 3. The molecule has 0 spiro atoms. The van der Waals surface area contributed by atoms with E-state index in [4.69, 9.17) is 4.42 Å². The van der Waals surface area contributed by atoms with E-state index in [1.165, 1.54) is 12.8 Å². The Bertz CT molecular complexity index is 339. The lowest BCUT2D eigenvalue weighted by Crippen LogP contribution is -2.19. The first-order valence-electron chi connectivity index (χ1n) is 6.61. The molecular formula is C12H22N4O. The zero-order valence-electron chi connectivity index (χ0n) is 10.8. The predicted octanol–water partition coefficient (Wildman–Crippen LogP) is 1.81. The van der Waals surface area contributed by atoms with Crippen molar-refractivity contribution in [3.8, 4) is 0 Å². The molecule has 1 fully saturated rings. The maximum atomic E-state index is 5.65. The van der Waals surface area contributed by atoms with Gasteiger partial charge in [0.05, 0.1) is 6.54 Å². The van der Waals surface area contributed by atoms with Crippen LogP contribution in [0.4, 0.5) is 6.01 Å². The Hall–Kier alpha value is -1.10. The van der Waals surface area contributed by atoms with Crippen LogP contribution in [0, 0.1) is 5.92 Å². The average molecular weight is 238 g/mol. The molecule has 2 rings (SSSR count). The monoisotopic (exact) mass is 238 g/mol. The van der Waals surface area contributed by atoms with Crippen LogP contribution in [-0.4, -0.2) is 29.8 Å². The average Bonchev–Trinajstić information content (AvgIpc) is 2.97. The summed E-state index contributed by atoms with van der Waals surface area (Å²) in [6.45, 7) is 8.14. The molecule has 0 bridgehead atoms. The van der Waals surface area contributed by atoms with Gasteiger partial charge in [-0.3, -0.25) is 0 Å². The third-order valence-corrected chi connectivity index (χ3v) is 3.29. The minimum atomic E-state index is 0.673. The van der Waals surface area contributed by atoms with Gasteiger partial charge in [0.15, 0.2) is 0 Å². The van der Waals surface area contributed by atoms with Crippen molar-refractivity contribution in [1.82, 2.24) is 15.5 Å². The van der Waals surface area contributed by atoms with Gasteiger partial charge in [-0.1, -0.05) is 25.4 Å². The van der Waals surface area contributed by atoms with Crippen molar-refractivity contribution in [2.24, 2.45) is 5.92 Å². The van der Waals surface area contributed by atoms with Gasteiger partial charge in [-0.05, 0) is 25.3 Å².